The normalized spacial score (nSPS) is 18.4. The second-order valence-electron chi connectivity index (χ2n) is 11.2. The minimum absolute atomic E-state index is 0.0167. The van der Waals surface area contributed by atoms with E-state index in [1.807, 2.05) is 23.1 Å². The number of anilines is 2. The Kier molecular flexibility index (Phi) is 7.50. The van der Waals surface area contributed by atoms with E-state index in [-0.39, 0.29) is 34.9 Å². The number of rotatable bonds is 4. The summed E-state index contributed by atoms with van der Waals surface area (Å²) < 4.78 is 23.4. The molecule has 0 amide bonds. The average Bonchev–Trinajstić information content (AvgIpc) is 3.12. The number of hydrogen-bond donors (Lipinski definition) is 2. The third-order valence-electron chi connectivity index (χ3n) is 6.46. The van der Waals surface area contributed by atoms with Gasteiger partial charge in [-0.05, 0) is 41.6 Å². The van der Waals surface area contributed by atoms with Gasteiger partial charge in [0.2, 0.25) is 5.28 Å². The average molecular weight is 633 g/mol. The Morgan fingerprint density at radius 2 is 2.13 bits per heavy atom. The summed E-state index contributed by atoms with van der Waals surface area (Å²) in [4.78, 5) is 10.5. The van der Waals surface area contributed by atoms with Crippen LogP contribution in [-0.4, -0.2) is 53.5 Å². The van der Waals surface area contributed by atoms with E-state index in [9.17, 15) is 10.4 Å². The molecule has 204 valence electrons. The summed E-state index contributed by atoms with van der Waals surface area (Å²) in [6.07, 6.45) is 0. The van der Waals surface area contributed by atoms with Crippen LogP contribution in [-0.2, 0) is 4.74 Å². The molecule has 1 aliphatic rings. The molecule has 1 saturated heterocycles. The van der Waals surface area contributed by atoms with Gasteiger partial charge in [0.15, 0.2) is 5.82 Å². The number of nitriles is 1. The summed E-state index contributed by atoms with van der Waals surface area (Å²) in [7, 11) is 0. The number of fused-ring (bicyclic) bond motifs is 2. The summed E-state index contributed by atoms with van der Waals surface area (Å²) in [6, 6.07) is 9.71. The number of nitrogens with zero attached hydrogens (tertiary/aromatic N) is 4. The molecule has 3 heterocycles. The first-order chi connectivity index (χ1) is 18.4. The maximum Gasteiger partial charge on any atom is 0.225 e. The summed E-state index contributed by atoms with van der Waals surface area (Å²) in [5.41, 5.74) is 0.313. The summed E-state index contributed by atoms with van der Waals surface area (Å²) in [5.74, 6) is -0.156. The lowest BCUT2D eigenvalue weighted by Crippen LogP contribution is -2.42. The lowest BCUT2D eigenvalue weighted by molar-refractivity contribution is -0.0123. The lowest BCUT2D eigenvalue weighted by atomic mass is 9.96. The fourth-order valence-electron chi connectivity index (χ4n) is 4.76. The van der Waals surface area contributed by atoms with Crippen LogP contribution in [0.3, 0.4) is 0 Å². The zero-order valence-corrected chi connectivity index (χ0v) is 25.2. The van der Waals surface area contributed by atoms with Crippen LogP contribution < -0.4 is 10.2 Å². The molecule has 4 aromatic rings. The van der Waals surface area contributed by atoms with E-state index in [2.05, 4.69) is 58.1 Å². The third kappa shape index (κ3) is 5.56. The second-order valence-corrected chi connectivity index (χ2v) is 13.5. The van der Waals surface area contributed by atoms with Crippen molar-refractivity contribution in [2.75, 3.05) is 43.1 Å². The molecule has 0 spiro atoms. The highest BCUT2D eigenvalue weighted by Gasteiger charge is 2.31. The van der Waals surface area contributed by atoms with Gasteiger partial charge in [0, 0.05) is 38.6 Å². The first-order valence-corrected chi connectivity index (χ1v) is 14.5. The van der Waals surface area contributed by atoms with Gasteiger partial charge in [0.05, 0.1) is 25.3 Å². The van der Waals surface area contributed by atoms with E-state index in [1.54, 1.807) is 13.0 Å². The Hall–Kier alpha value is -2.55. The molecule has 0 aliphatic carbocycles. The fraction of sp³-hybridized carbons (Fsp3) is 0.393. The molecule has 1 atom stereocenters. The quantitative estimate of drug-likeness (QED) is 0.234. The zero-order chi connectivity index (χ0) is 28.1. The van der Waals surface area contributed by atoms with Crippen molar-refractivity contribution < 1.29 is 14.2 Å². The van der Waals surface area contributed by atoms with Crippen LogP contribution in [0, 0.1) is 22.6 Å². The van der Waals surface area contributed by atoms with E-state index in [0.717, 1.165) is 9.70 Å². The van der Waals surface area contributed by atoms with Crippen molar-refractivity contribution in [3.05, 3.63) is 45.4 Å². The molecule has 11 heteroatoms. The molecule has 0 saturated carbocycles. The highest BCUT2D eigenvalue weighted by atomic mass is 79.9. The van der Waals surface area contributed by atoms with Crippen LogP contribution in [0.25, 0.3) is 32.1 Å². The zero-order valence-electron chi connectivity index (χ0n) is 22.0. The number of β-amino-alcohol motifs (C(OH)–C–C–N with tert-alkyl or cyclic N) is 1. The van der Waals surface area contributed by atoms with Crippen molar-refractivity contribution >= 4 is 70.7 Å². The summed E-state index contributed by atoms with van der Waals surface area (Å²) >= 11 is 11.4. The standard InChI is InChI=1S/C28H28BrClFN5O2S/c1-27(2,3)12-33-25-17(11-32)20-15(6-5-7-19(20)39-25)21-18(29)10-16-23(22(21)31)34-26(30)35-24(16)36-8-9-38-14-28(4,37)13-36/h5-7,10,33,37H,8-9,12-14H2,1-4H3. The van der Waals surface area contributed by atoms with Gasteiger partial charge >= 0.3 is 0 Å². The minimum atomic E-state index is -1.11. The van der Waals surface area contributed by atoms with Gasteiger partial charge in [-0.1, -0.05) is 48.8 Å². The number of halogens is 3. The molecule has 2 aromatic carbocycles. The van der Waals surface area contributed by atoms with E-state index < -0.39 is 11.4 Å². The number of aromatic nitrogens is 2. The maximum atomic E-state index is 16.5. The number of benzene rings is 2. The van der Waals surface area contributed by atoms with Crippen LogP contribution in [0.5, 0.6) is 0 Å². The summed E-state index contributed by atoms with van der Waals surface area (Å²) in [6.45, 7) is 9.97. The Bertz CT molecular complexity index is 1630. The van der Waals surface area contributed by atoms with Gasteiger partial charge in [0.1, 0.15) is 28.0 Å². The molecular weight excluding hydrogens is 605 g/mol. The van der Waals surface area contributed by atoms with Gasteiger partial charge in [0.25, 0.3) is 0 Å². The number of thiophene rings is 1. The largest absolute Gasteiger partial charge is 0.386 e. The van der Waals surface area contributed by atoms with Crippen LogP contribution in [0.4, 0.5) is 15.2 Å². The molecule has 7 nitrogen and oxygen atoms in total. The van der Waals surface area contributed by atoms with E-state index in [0.29, 0.717) is 51.9 Å². The van der Waals surface area contributed by atoms with Gasteiger partial charge in [-0.2, -0.15) is 10.2 Å². The highest BCUT2D eigenvalue weighted by molar-refractivity contribution is 9.10. The molecule has 1 fully saturated rings. The van der Waals surface area contributed by atoms with Crippen LogP contribution in [0.15, 0.2) is 28.7 Å². The van der Waals surface area contributed by atoms with Crippen LogP contribution in [0.1, 0.15) is 33.3 Å². The molecule has 0 radical (unpaired) electrons. The SMILES string of the molecule is CC(C)(C)CNc1sc2cccc(-c3c(Br)cc4c(N5CCOCC(C)(O)C5)nc(Cl)nc4c3F)c2c1C#N. The predicted octanol–water partition coefficient (Wildman–Crippen LogP) is 6.98. The maximum absolute atomic E-state index is 16.5. The summed E-state index contributed by atoms with van der Waals surface area (Å²) in [5, 5.41) is 26.0. The second kappa shape index (κ2) is 10.5. The van der Waals surface area contributed by atoms with Gasteiger partial charge < -0.3 is 20.1 Å². The first-order valence-electron chi connectivity index (χ1n) is 12.5. The number of nitrogens with one attached hydrogen (secondary N) is 1. The number of hydrogen-bond acceptors (Lipinski definition) is 8. The monoisotopic (exact) mass is 631 g/mol. The van der Waals surface area contributed by atoms with Crippen molar-refractivity contribution in [3.63, 3.8) is 0 Å². The molecule has 5 rings (SSSR count). The Labute approximate surface area is 243 Å². The topological polar surface area (TPSA) is 94.3 Å². The Morgan fingerprint density at radius 1 is 1.36 bits per heavy atom. The van der Waals surface area contributed by atoms with E-state index in [4.69, 9.17) is 16.3 Å². The molecule has 2 aromatic heterocycles. The Balaban J connectivity index is 1.70. The molecule has 2 N–H and O–H groups in total. The van der Waals surface area contributed by atoms with Gasteiger partial charge in [-0.3, -0.25) is 0 Å². The van der Waals surface area contributed by atoms with Crippen molar-refractivity contribution in [2.24, 2.45) is 5.41 Å². The molecule has 1 unspecified atom stereocenters. The smallest absolute Gasteiger partial charge is 0.225 e. The minimum Gasteiger partial charge on any atom is -0.386 e. The molecular formula is C28H28BrClFN5O2S. The van der Waals surface area contributed by atoms with Crippen molar-refractivity contribution in [1.29, 1.82) is 5.26 Å². The number of aliphatic hydroxyl groups is 1. The molecule has 0 bridgehead atoms. The Morgan fingerprint density at radius 3 is 2.85 bits per heavy atom. The van der Waals surface area contributed by atoms with Crippen molar-refractivity contribution in [2.45, 2.75) is 33.3 Å². The van der Waals surface area contributed by atoms with Crippen molar-refractivity contribution in [3.8, 4) is 17.2 Å². The van der Waals surface area contributed by atoms with Crippen molar-refractivity contribution in [1.82, 2.24) is 9.97 Å². The lowest BCUT2D eigenvalue weighted by Gasteiger charge is -2.29. The number of ether oxygens (including phenoxy) is 1. The van der Waals surface area contributed by atoms with E-state index >= 15 is 4.39 Å². The van der Waals surface area contributed by atoms with E-state index in [1.165, 1.54) is 11.3 Å². The van der Waals surface area contributed by atoms with Gasteiger partial charge in [-0.15, -0.1) is 11.3 Å². The fourth-order valence-corrected chi connectivity index (χ4v) is 6.61. The highest BCUT2D eigenvalue weighted by Crippen LogP contribution is 2.45. The molecule has 39 heavy (non-hydrogen) atoms. The van der Waals surface area contributed by atoms with Crippen LogP contribution >= 0.6 is 38.9 Å². The predicted molar refractivity (Wildman–Crippen MR) is 159 cm³/mol. The first kappa shape index (κ1) is 28.0. The van der Waals surface area contributed by atoms with Crippen LogP contribution in [0.2, 0.25) is 5.28 Å². The third-order valence-corrected chi connectivity index (χ3v) is 8.37. The van der Waals surface area contributed by atoms with Gasteiger partial charge in [-0.25, -0.2) is 9.37 Å². The molecule has 1 aliphatic heterocycles.